The lowest BCUT2D eigenvalue weighted by Crippen LogP contribution is -2.31. The number of carbonyl (C=O) groups excluding carboxylic acids is 2. The van der Waals surface area contributed by atoms with E-state index in [2.05, 4.69) is 17.4 Å². The van der Waals surface area contributed by atoms with E-state index in [-0.39, 0.29) is 17.9 Å². The third kappa shape index (κ3) is 3.79. The number of anilines is 1. The SMILES string of the molecule is O=C(Cc1ccc(N2CCCC2=O)cc1)NC(c1ccccc1)C1CC1. The topological polar surface area (TPSA) is 49.4 Å². The van der Waals surface area contributed by atoms with Gasteiger partial charge in [-0.2, -0.15) is 0 Å². The van der Waals surface area contributed by atoms with Gasteiger partial charge >= 0.3 is 0 Å². The number of benzene rings is 2. The summed E-state index contributed by atoms with van der Waals surface area (Å²) in [5, 5.41) is 3.22. The second-order valence-corrected chi connectivity index (χ2v) is 7.29. The second-order valence-electron chi connectivity index (χ2n) is 7.29. The standard InChI is InChI=1S/C22H24N2O2/c25-20(23-22(18-10-11-18)17-5-2-1-3-6-17)15-16-8-12-19(13-9-16)24-14-4-7-21(24)26/h1-3,5-6,8-9,12-13,18,22H,4,7,10-11,14-15H2,(H,23,25). The lowest BCUT2D eigenvalue weighted by Gasteiger charge is -2.19. The molecule has 1 heterocycles. The quantitative estimate of drug-likeness (QED) is 0.867. The molecule has 1 saturated heterocycles. The van der Waals surface area contributed by atoms with Crippen molar-refractivity contribution in [1.29, 1.82) is 0 Å². The molecule has 1 unspecified atom stereocenters. The van der Waals surface area contributed by atoms with Gasteiger partial charge in [-0.05, 0) is 48.4 Å². The summed E-state index contributed by atoms with van der Waals surface area (Å²) in [7, 11) is 0. The molecule has 0 spiro atoms. The highest BCUT2D eigenvalue weighted by molar-refractivity contribution is 5.95. The minimum Gasteiger partial charge on any atom is -0.349 e. The molecule has 1 aliphatic heterocycles. The maximum atomic E-state index is 12.5. The largest absolute Gasteiger partial charge is 0.349 e. The van der Waals surface area contributed by atoms with Crippen LogP contribution in [0.15, 0.2) is 54.6 Å². The van der Waals surface area contributed by atoms with Crippen LogP contribution in [0.4, 0.5) is 5.69 Å². The highest BCUT2D eigenvalue weighted by Crippen LogP contribution is 2.40. The molecule has 2 amide bonds. The summed E-state index contributed by atoms with van der Waals surface area (Å²) in [4.78, 5) is 26.2. The fraction of sp³-hybridized carbons (Fsp3) is 0.364. The molecule has 26 heavy (non-hydrogen) atoms. The molecule has 0 aromatic heterocycles. The molecule has 0 bridgehead atoms. The van der Waals surface area contributed by atoms with Crippen molar-refractivity contribution >= 4 is 17.5 Å². The van der Waals surface area contributed by atoms with Crippen LogP contribution in [0.2, 0.25) is 0 Å². The van der Waals surface area contributed by atoms with Crippen LogP contribution in [0.5, 0.6) is 0 Å². The average molecular weight is 348 g/mol. The third-order valence-corrected chi connectivity index (χ3v) is 5.25. The minimum atomic E-state index is 0.0516. The van der Waals surface area contributed by atoms with E-state index in [1.165, 1.54) is 18.4 Å². The maximum Gasteiger partial charge on any atom is 0.227 e. The Morgan fingerprint density at radius 2 is 1.81 bits per heavy atom. The average Bonchev–Trinajstić information content (AvgIpc) is 3.42. The Hall–Kier alpha value is -2.62. The van der Waals surface area contributed by atoms with E-state index in [1.807, 2.05) is 47.4 Å². The normalized spacial score (nSPS) is 18.0. The van der Waals surface area contributed by atoms with Gasteiger partial charge < -0.3 is 10.2 Å². The van der Waals surface area contributed by atoms with Crippen LogP contribution in [0.3, 0.4) is 0 Å². The van der Waals surface area contributed by atoms with Gasteiger partial charge in [0, 0.05) is 18.7 Å². The third-order valence-electron chi connectivity index (χ3n) is 5.25. The van der Waals surface area contributed by atoms with Crippen LogP contribution in [0.1, 0.15) is 42.9 Å². The van der Waals surface area contributed by atoms with Crippen LogP contribution >= 0.6 is 0 Å². The Morgan fingerprint density at radius 1 is 1.08 bits per heavy atom. The molecule has 4 heteroatoms. The van der Waals surface area contributed by atoms with Crippen LogP contribution in [0, 0.1) is 5.92 Å². The number of amides is 2. The number of hydrogen-bond acceptors (Lipinski definition) is 2. The monoisotopic (exact) mass is 348 g/mol. The van der Waals surface area contributed by atoms with Crippen molar-refractivity contribution in [3.05, 3.63) is 65.7 Å². The first-order valence-corrected chi connectivity index (χ1v) is 9.44. The highest BCUT2D eigenvalue weighted by atomic mass is 16.2. The molecule has 0 radical (unpaired) electrons. The molecule has 2 aromatic carbocycles. The molecule has 1 atom stereocenters. The van der Waals surface area contributed by atoms with Gasteiger partial charge in [0.05, 0.1) is 12.5 Å². The smallest absolute Gasteiger partial charge is 0.227 e. The van der Waals surface area contributed by atoms with Gasteiger partial charge in [0.2, 0.25) is 11.8 Å². The fourth-order valence-corrected chi connectivity index (χ4v) is 3.69. The van der Waals surface area contributed by atoms with Crippen molar-refractivity contribution in [2.75, 3.05) is 11.4 Å². The van der Waals surface area contributed by atoms with E-state index < -0.39 is 0 Å². The molecular weight excluding hydrogens is 324 g/mol. The molecule has 134 valence electrons. The van der Waals surface area contributed by atoms with Gasteiger partial charge in [-0.1, -0.05) is 42.5 Å². The summed E-state index contributed by atoms with van der Waals surface area (Å²) in [6.45, 7) is 0.790. The summed E-state index contributed by atoms with van der Waals surface area (Å²) in [6.07, 6.45) is 4.28. The predicted octanol–water partition coefficient (Wildman–Crippen LogP) is 3.62. The Morgan fingerprint density at radius 3 is 2.42 bits per heavy atom. The Bertz CT molecular complexity index is 782. The number of rotatable bonds is 6. The van der Waals surface area contributed by atoms with Gasteiger partial charge in [0.25, 0.3) is 0 Å². The lowest BCUT2D eigenvalue weighted by molar-refractivity contribution is -0.121. The Kier molecular flexibility index (Phi) is 4.74. The zero-order valence-electron chi connectivity index (χ0n) is 14.9. The fourth-order valence-electron chi connectivity index (χ4n) is 3.69. The zero-order valence-corrected chi connectivity index (χ0v) is 14.9. The molecule has 2 fully saturated rings. The number of carbonyl (C=O) groups is 2. The van der Waals surface area contributed by atoms with Gasteiger partial charge in [-0.15, -0.1) is 0 Å². The number of nitrogens with zero attached hydrogens (tertiary/aromatic N) is 1. The van der Waals surface area contributed by atoms with Crippen molar-refractivity contribution in [1.82, 2.24) is 5.32 Å². The first kappa shape index (κ1) is 16.8. The summed E-state index contributed by atoms with van der Waals surface area (Å²) >= 11 is 0. The lowest BCUT2D eigenvalue weighted by atomic mass is 10.0. The molecule has 2 aliphatic rings. The number of nitrogens with one attached hydrogen (secondary N) is 1. The van der Waals surface area contributed by atoms with E-state index >= 15 is 0 Å². The van der Waals surface area contributed by atoms with Crippen LogP contribution < -0.4 is 10.2 Å². The Balaban J connectivity index is 1.39. The van der Waals surface area contributed by atoms with E-state index in [1.54, 1.807) is 0 Å². The van der Waals surface area contributed by atoms with Gasteiger partial charge in [0.15, 0.2) is 0 Å². The van der Waals surface area contributed by atoms with Crippen LogP contribution in [-0.2, 0) is 16.0 Å². The predicted molar refractivity (Wildman–Crippen MR) is 102 cm³/mol. The van der Waals surface area contributed by atoms with Crippen molar-refractivity contribution < 1.29 is 9.59 Å². The van der Waals surface area contributed by atoms with Crippen molar-refractivity contribution in [2.24, 2.45) is 5.92 Å². The summed E-state index contributed by atoms with van der Waals surface area (Å²) in [5.74, 6) is 0.797. The second kappa shape index (κ2) is 7.32. The molecule has 1 aliphatic carbocycles. The molecule has 4 nitrogen and oxygen atoms in total. The molecule has 2 aromatic rings. The number of hydrogen-bond donors (Lipinski definition) is 1. The van der Waals surface area contributed by atoms with Gasteiger partial charge in [-0.25, -0.2) is 0 Å². The van der Waals surface area contributed by atoms with Gasteiger partial charge in [0.1, 0.15) is 0 Å². The van der Waals surface area contributed by atoms with E-state index in [9.17, 15) is 9.59 Å². The summed E-state index contributed by atoms with van der Waals surface area (Å²) in [5.41, 5.74) is 3.09. The minimum absolute atomic E-state index is 0.0516. The zero-order chi connectivity index (χ0) is 17.9. The molecule has 1 N–H and O–H groups in total. The van der Waals surface area contributed by atoms with Crippen molar-refractivity contribution in [2.45, 2.75) is 38.1 Å². The van der Waals surface area contributed by atoms with E-state index in [0.717, 1.165) is 24.2 Å². The van der Waals surface area contributed by atoms with E-state index in [0.29, 0.717) is 18.8 Å². The summed E-state index contributed by atoms with van der Waals surface area (Å²) < 4.78 is 0. The van der Waals surface area contributed by atoms with Crippen molar-refractivity contribution in [3.63, 3.8) is 0 Å². The van der Waals surface area contributed by atoms with Gasteiger partial charge in [-0.3, -0.25) is 9.59 Å². The molecular formula is C22H24N2O2. The first-order valence-electron chi connectivity index (χ1n) is 9.44. The summed E-state index contributed by atoms with van der Waals surface area (Å²) in [6, 6.07) is 18.1. The molecule has 4 rings (SSSR count). The van der Waals surface area contributed by atoms with Crippen molar-refractivity contribution in [3.8, 4) is 0 Å². The van der Waals surface area contributed by atoms with Crippen LogP contribution in [-0.4, -0.2) is 18.4 Å². The highest BCUT2D eigenvalue weighted by Gasteiger charge is 2.33. The van der Waals surface area contributed by atoms with Crippen LogP contribution in [0.25, 0.3) is 0 Å². The first-order chi connectivity index (χ1) is 12.7. The van der Waals surface area contributed by atoms with E-state index in [4.69, 9.17) is 0 Å². The maximum absolute atomic E-state index is 12.5. The Labute approximate surface area is 154 Å². The molecule has 1 saturated carbocycles.